The summed E-state index contributed by atoms with van der Waals surface area (Å²) in [5, 5.41) is 15.0. The maximum Gasteiger partial charge on any atom is 0.191 e. The van der Waals surface area contributed by atoms with Gasteiger partial charge in [-0.3, -0.25) is 0 Å². The zero-order valence-electron chi connectivity index (χ0n) is 17.6. The quantitative estimate of drug-likeness (QED) is 0.368. The molecule has 0 atom stereocenters. The Kier molecular flexibility index (Phi) is 8.74. The molecule has 2 N–H and O–H groups in total. The van der Waals surface area contributed by atoms with Gasteiger partial charge in [-0.2, -0.15) is 0 Å². The molecule has 0 bridgehead atoms. The number of benzene rings is 1. The Morgan fingerprint density at radius 2 is 2.04 bits per heavy atom. The zero-order chi connectivity index (χ0) is 20.4. The number of ether oxygens (including phenoxy) is 2. The Morgan fingerprint density at radius 1 is 1.21 bits per heavy atom. The van der Waals surface area contributed by atoms with Crippen molar-refractivity contribution in [3.05, 3.63) is 41.0 Å². The van der Waals surface area contributed by atoms with Crippen LogP contribution in [0, 0.1) is 13.8 Å². The summed E-state index contributed by atoms with van der Waals surface area (Å²) < 4.78 is 12.8. The average molecular weight is 389 g/mol. The van der Waals surface area contributed by atoms with Crippen molar-refractivity contribution in [3.8, 4) is 5.75 Å². The summed E-state index contributed by atoms with van der Waals surface area (Å²) in [6.07, 6.45) is 0.908. The van der Waals surface area contributed by atoms with E-state index in [1.807, 2.05) is 38.5 Å². The van der Waals surface area contributed by atoms with Gasteiger partial charge in [0.25, 0.3) is 0 Å². The van der Waals surface area contributed by atoms with E-state index in [1.54, 1.807) is 7.11 Å². The third kappa shape index (κ3) is 6.53. The average Bonchev–Trinajstić information content (AvgIpc) is 3.02. The van der Waals surface area contributed by atoms with Crippen molar-refractivity contribution in [2.75, 3.05) is 26.9 Å². The fourth-order valence-corrected chi connectivity index (χ4v) is 2.61. The lowest BCUT2D eigenvalue weighted by molar-refractivity contribution is 0.145. The van der Waals surface area contributed by atoms with Gasteiger partial charge >= 0.3 is 0 Å². The molecule has 1 heterocycles. The van der Waals surface area contributed by atoms with E-state index in [-0.39, 0.29) is 0 Å². The van der Waals surface area contributed by atoms with Gasteiger partial charge in [0.2, 0.25) is 0 Å². The van der Waals surface area contributed by atoms with Crippen molar-refractivity contribution in [1.29, 1.82) is 0 Å². The van der Waals surface area contributed by atoms with Crippen molar-refractivity contribution in [2.45, 2.75) is 40.3 Å². The number of hydrogen-bond acceptors (Lipinski definition) is 5. The van der Waals surface area contributed by atoms with E-state index in [0.717, 1.165) is 60.7 Å². The van der Waals surface area contributed by atoms with E-state index >= 15 is 0 Å². The number of aryl methyl sites for hydroxylation is 2. The van der Waals surface area contributed by atoms with Crippen LogP contribution in [0.15, 0.2) is 23.2 Å². The fraction of sp³-hybridized carbons (Fsp3) is 0.550. The number of guanidine groups is 1. The van der Waals surface area contributed by atoms with Crippen molar-refractivity contribution in [2.24, 2.45) is 12.0 Å². The number of aliphatic imine (C=N–C) groups is 1. The highest BCUT2D eigenvalue weighted by Crippen LogP contribution is 2.20. The Balaban J connectivity index is 2.03. The lowest BCUT2D eigenvalue weighted by atomic mass is 10.1. The number of rotatable bonds is 10. The van der Waals surface area contributed by atoms with Gasteiger partial charge in [0.05, 0.1) is 20.2 Å². The molecule has 0 saturated carbocycles. The van der Waals surface area contributed by atoms with Crippen LogP contribution in [0.4, 0.5) is 0 Å². The van der Waals surface area contributed by atoms with Gasteiger partial charge in [0.1, 0.15) is 11.6 Å². The predicted molar refractivity (Wildman–Crippen MR) is 111 cm³/mol. The monoisotopic (exact) mass is 388 g/mol. The molecule has 0 aliphatic rings. The minimum absolute atomic E-state index is 0.516. The smallest absolute Gasteiger partial charge is 0.191 e. The van der Waals surface area contributed by atoms with Crippen LogP contribution >= 0.6 is 0 Å². The van der Waals surface area contributed by atoms with Crippen LogP contribution < -0.4 is 15.4 Å². The normalized spacial score (nSPS) is 11.5. The lowest BCUT2D eigenvalue weighted by Gasteiger charge is -2.13. The number of hydrogen-bond donors (Lipinski definition) is 2. The van der Waals surface area contributed by atoms with Crippen molar-refractivity contribution in [3.63, 3.8) is 0 Å². The maximum atomic E-state index is 5.48. The first kappa shape index (κ1) is 21.7. The molecule has 0 fully saturated rings. The second-order valence-corrected chi connectivity index (χ2v) is 6.53. The second-order valence-electron chi connectivity index (χ2n) is 6.53. The third-order valence-electron chi connectivity index (χ3n) is 4.41. The maximum absolute atomic E-state index is 5.48. The molecule has 0 saturated heterocycles. The molecular formula is C20H32N6O2. The van der Waals surface area contributed by atoms with E-state index in [2.05, 4.69) is 33.0 Å². The minimum Gasteiger partial charge on any atom is -0.496 e. The minimum atomic E-state index is 0.516. The van der Waals surface area contributed by atoms with Crippen molar-refractivity contribution in [1.82, 2.24) is 25.4 Å². The van der Waals surface area contributed by atoms with Gasteiger partial charge in [-0.25, -0.2) is 4.99 Å². The van der Waals surface area contributed by atoms with Gasteiger partial charge in [0, 0.05) is 32.4 Å². The Morgan fingerprint density at radius 3 is 2.71 bits per heavy atom. The molecule has 0 aliphatic carbocycles. The van der Waals surface area contributed by atoms with Crippen LogP contribution in [0.5, 0.6) is 5.75 Å². The molecule has 8 nitrogen and oxygen atoms in total. The van der Waals surface area contributed by atoms with Crippen LogP contribution in [0.25, 0.3) is 0 Å². The van der Waals surface area contributed by atoms with Gasteiger partial charge in [-0.15, -0.1) is 10.2 Å². The molecule has 0 unspecified atom stereocenters. The molecule has 1 aromatic carbocycles. The number of methoxy groups -OCH3 is 1. The van der Waals surface area contributed by atoms with E-state index < -0.39 is 0 Å². The molecule has 0 radical (unpaired) electrons. The summed E-state index contributed by atoms with van der Waals surface area (Å²) in [6.45, 7) is 9.27. The topological polar surface area (TPSA) is 85.6 Å². The Bertz CT molecular complexity index is 772. The Hall–Kier alpha value is -2.61. The molecule has 0 amide bonds. The van der Waals surface area contributed by atoms with E-state index in [9.17, 15) is 0 Å². The van der Waals surface area contributed by atoms with Gasteiger partial charge in [-0.05, 0) is 38.8 Å². The van der Waals surface area contributed by atoms with Crippen molar-refractivity contribution < 1.29 is 9.47 Å². The van der Waals surface area contributed by atoms with Crippen molar-refractivity contribution >= 4 is 5.96 Å². The van der Waals surface area contributed by atoms with Crippen LogP contribution in [0.1, 0.15) is 36.1 Å². The van der Waals surface area contributed by atoms with E-state index in [1.165, 1.54) is 0 Å². The van der Waals surface area contributed by atoms with Gasteiger partial charge < -0.3 is 24.7 Å². The molecule has 2 aromatic rings. The first-order valence-electron chi connectivity index (χ1n) is 9.63. The molecule has 1 aromatic heterocycles. The first-order valence-corrected chi connectivity index (χ1v) is 9.63. The summed E-state index contributed by atoms with van der Waals surface area (Å²) in [7, 11) is 3.64. The highest BCUT2D eigenvalue weighted by Gasteiger charge is 2.07. The number of nitrogens with one attached hydrogen (secondary N) is 2. The van der Waals surface area contributed by atoms with Crippen LogP contribution in [-0.4, -0.2) is 47.6 Å². The first-order chi connectivity index (χ1) is 13.5. The second kappa shape index (κ2) is 11.3. The SMILES string of the molecule is CCOCCCNC(=NCc1ccc(C)cc1OC)NCc1nnc(C)n1C. The molecule has 154 valence electrons. The van der Waals surface area contributed by atoms with Gasteiger partial charge in [-0.1, -0.05) is 12.1 Å². The van der Waals surface area contributed by atoms with E-state index in [0.29, 0.717) is 13.1 Å². The largest absolute Gasteiger partial charge is 0.496 e. The van der Waals surface area contributed by atoms with Crippen LogP contribution in [0.2, 0.25) is 0 Å². The molecule has 8 heteroatoms. The molecular weight excluding hydrogens is 356 g/mol. The van der Waals surface area contributed by atoms with E-state index in [4.69, 9.17) is 14.5 Å². The van der Waals surface area contributed by atoms with Crippen LogP contribution in [0.3, 0.4) is 0 Å². The van der Waals surface area contributed by atoms with Crippen LogP contribution in [-0.2, 0) is 24.9 Å². The fourth-order valence-electron chi connectivity index (χ4n) is 2.61. The predicted octanol–water partition coefficient (Wildman–Crippen LogP) is 2.10. The highest BCUT2D eigenvalue weighted by molar-refractivity contribution is 5.79. The summed E-state index contributed by atoms with van der Waals surface area (Å²) >= 11 is 0. The molecule has 2 rings (SSSR count). The molecule has 28 heavy (non-hydrogen) atoms. The zero-order valence-corrected chi connectivity index (χ0v) is 17.6. The molecule has 0 aliphatic heterocycles. The standard InChI is InChI=1S/C20H32N6O2/c1-6-28-11-7-10-21-20(23-14-19-25-24-16(3)26(19)4)22-13-17-9-8-15(2)12-18(17)27-5/h8-9,12H,6-7,10-11,13-14H2,1-5H3,(H2,21,22,23). The summed E-state index contributed by atoms with van der Waals surface area (Å²) in [4.78, 5) is 4.72. The summed E-state index contributed by atoms with van der Waals surface area (Å²) in [6, 6.07) is 6.14. The number of aromatic nitrogens is 3. The highest BCUT2D eigenvalue weighted by atomic mass is 16.5. The molecule has 0 spiro atoms. The third-order valence-corrected chi connectivity index (χ3v) is 4.41. The Labute approximate surface area is 167 Å². The lowest BCUT2D eigenvalue weighted by Crippen LogP contribution is -2.38. The number of nitrogens with zero attached hydrogens (tertiary/aromatic N) is 4. The summed E-state index contributed by atoms with van der Waals surface area (Å²) in [5.41, 5.74) is 2.20. The van der Waals surface area contributed by atoms with Gasteiger partial charge in [0.15, 0.2) is 11.8 Å². The summed E-state index contributed by atoms with van der Waals surface area (Å²) in [5.74, 6) is 3.31.